The van der Waals surface area contributed by atoms with E-state index >= 15 is 0 Å². The molecule has 20 heavy (non-hydrogen) atoms. The molecule has 0 saturated carbocycles. The minimum Gasteiger partial charge on any atom is -0.381 e. The quantitative estimate of drug-likeness (QED) is 0.776. The Balaban J connectivity index is 1.93. The molecule has 3 nitrogen and oxygen atoms in total. The van der Waals surface area contributed by atoms with Gasteiger partial charge in [-0.05, 0) is 57.0 Å². The van der Waals surface area contributed by atoms with Crippen molar-refractivity contribution in [3.8, 4) is 0 Å². The van der Waals surface area contributed by atoms with Crippen molar-refractivity contribution >= 4 is 5.78 Å². The molecule has 1 aliphatic rings. The molecule has 0 bridgehead atoms. The number of benzene rings is 1. The van der Waals surface area contributed by atoms with E-state index in [-0.39, 0.29) is 17.6 Å². The van der Waals surface area contributed by atoms with Crippen molar-refractivity contribution in [1.82, 2.24) is 4.90 Å². The maximum Gasteiger partial charge on any atom is 0.179 e. The van der Waals surface area contributed by atoms with E-state index in [1.54, 1.807) is 12.1 Å². The number of carbonyl (C=O) groups is 1. The summed E-state index contributed by atoms with van der Waals surface area (Å²) in [7, 11) is 1.97. The number of Topliss-reactive ketones (excluding diaryl/α,β-unsaturated/α-hetero) is 1. The monoisotopic (exact) mass is 279 g/mol. The summed E-state index contributed by atoms with van der Waals surface area (Å²) in [5.41, 5.74) is 0.567. The van der Waals surface area contributed by atoms with Gasteiger partial charge in [0.25, 0.3) is 0 Å². The van der Waals surface area contributed by atoms with Gasteiger partial charge >= 0.3 is 0 Å². The number of ether oxygens (including phenoxy) is 1. The third-order valence-corrected chi connectivity index (χ3v) is 4.06. The van der Waals surface area contributed by atoms with E-state index in [4.69, 9.17) is 4.74 Å². The predicted octanol–water partition coefficient (Wildman–Crippen LogP) is 2.76. The molecule has 1 unspecified atom stereocenters. The SMILES string of the molecule is CC(C(=O)c1ccc(F)cc1)N(C)CC1CCOCC1. The van der Waals surface area contributed by atoms with Gasteiger partial charge in [0.05, 0.1) is 6.04 Å². The lowest BCUT2D eigenvalue weighted by Gasteiger charge is -2.30. The highest BCUT2D eigenvalue weighted by Gasteiger charge is 2.23. The fraction of sp³-hybridized carbons (Fsp3) is 0.562. The highest BCUT2D eigenvalue weighted by Crippen LogP contribution is 2.17. The summed E-state index contributed by atoms with van der Waals surface area (Å²) in [6.07, 6.45) is 2.11. The second-order valence-corrected chi connectivity index (χ2v) is 5.54. The lowest BCUT2D eigenvalue weighted by atomic mass is 9.98. The summed E-state index contributed by atoms with van der Waals surface area (Å²) in [4.78, 5) is 14.4. The summed E-state index contributed by atoms with van der Waals surface area (Å²) < 4.78 is 18.2. The molecule has 0 spiro atoms. The van der Waals surface area contributed by atoms with E-state index in [9.17, 15) is 9.18 Å². The molecule has 1 heterocycles. The summed E-state index contributed by atoms with van der Waals surface area (Å²) in [5, 5.41) is 0. The molecular formula is C16H22FNO2. The standard InChI is InChI=1S/C16H22FNO2/c1-12(16(19)14-3-5-15(17)6-4-14)18(2)11-13-7-9-20-10-8-13/h3-6,12-13H,7-11H2,1-2H3. The normalized spacial score (nSPS) is 18.2. The molecule has 1 aromatic rings. The summed E-state index contributed by atoms with van der Waals surface area (Å²) in [5.74, 6) is 0.321. The topological polar surface area (TPSA) is 29.5 Å². The van der Waals surface area contributed by atoms with Gasteiger partial charge in [0.15, 0.2) is 5.78 Å². The highest BCUT2D eigenvalue weighted by atomic mass is 19.1. The van der Waals surface area contributed by atoms with Crippen LogP contribution in [0.4, 0.5) is 4.39 Å². The van der Waals surface area contributed by atoms with Crippen molar-refractivity contribution in [2.24, 2.45) is 5.92 Å². The van der Waals surface area contributed by atoms with Crippen LogP contribution in [0.15, 0.2) is 24.3 Å². The van der Waals surface area contributed by atoms with E-state index in [1.165, 1.54) is 12.1 Å². The van der Waals surface area contributed by atoms with E-state index in [1.807, 2.05) is 14.0 Å². The Morgan fingerprint density at radius 3 is 2.55 bits per heavy atom. The van der Waals surface area contributed by atoms with Crippen LogP contribution in [0.5, 0.6) is 0 Å². The van der Waals surface area contributed by atoms with Crippen LogP contribution in [0.2, 0.25) is 0 Å². The van der Waals surface area contributed by atoms with Gasteiger partial charge in [-0.2, -0.15) is 0 Å². The van der Waals surface area contributed by atoms with Gasteiger partial charge < -0.3 is 4.74 Å². The van der Waals surface area contributed by atoms with Crippen LogP contribution in [-0.4, -0.2) is 43.5 Å². The van der Waals surface area contributed by atoms with Gasteiger partial charge in [-0.3, -0.25) is 9.69 Å². The molecule has 2 rings (SSSR count). The first kappa shape index (κ1) is 15.1. The molecule has 1 atom stereocenters. The van der Waals surface area contributed by atoms with Crippen LogP contribution in [-0.2, 0) is 4.74 Å². The van der Waals surface area contributed by atoms with Crippen molar-refractivity contribution in [2.45, 2.75) is 25.8 Å². The van der Waals surface area contributed by atoms with Gasteiger partial charge in [0.1, 0.15) is 5.82 Å². The van der Waals surface area contributed by atoms with E-state index in [2.05, 4.69) is 4.90 Å². The smallest absolute Gasteiger partial charge is 0.179 e. The molecule has 0 amide bonds. The molecule has 0 aromatic heterocycles. The maximum atomic E-state index is 12.9. The molecule has 0 N–H and O–H groups in total. The fourth-order valence-electron chi connectivity index (χ4n) is 2.55. The molecule has 4 heteroatoms. The molecule has 1 aliphatic heterocycles. The second-order valence-electron chi connectivity index (χ2n) is 5.54. The van der Waals surface area contributed by atoms with Crippen LogP contribution in [0.1, 0.15) is 30.1 Å². The largest absolute Gasteiger partial charge is 0.381 e. The number of hydrogen-bond donors (Lipinski definition) is 0. The Bertz CT molecular complexity index is 440. The second kappa shape index (κ2) is 6.95. The van der Waals surface area contributed by atoms with Gasteiger partial charge in [-0.25, -0.2) is 4.39 Å². The van der Waals surface area contributed by atoms with Crippen molar-refractivity contribution in [3.63, 3.8) is 0 Å². The Hall–Kier alpha value is -1.26. The molecule has 110 valence electrons. The zero-order valence-electron chi connectivity index (χ0n) is 12.1. The van der Waals surface area contributed by atoms with Gasteiger partial charge in [-0.15, -0.1) is 0 Å². The maximum absolute atomic E-state index is 12.9. The minimum atomic E-state index is -0.315. The summed E-state index contributed by atoms with van der Waals surface area (Å²) in [6, 6.07) is 5.58. The van der Waals surface area contributed by atoms with Crippen LogP contribution < -0.4 is 0 Å². The summed E-state index contributed by atoms with van der Waals surface area (Å²) >= 11 is 0. The number of hydrogen-bond acceptors (Lipinski definition) is 3. The Kier molecular flexibility index (Phi) is 5.26. The van der Waals surface area contributed by atoms with Crippen molar-refractivity contribution in [3.05, 3.63) is 35.6 Å². The van der Waals surface area contributed by atoms with Crippen LogP contribution in [0, 0.1) is 11.7 Å². The van der Waals surface area contributed by atoms with E-state index in [0.29, 0.717) is 11.5 Å². The van der Waals surface area contributed by atoms with E-state index in [0.717, 1.165) is 32.6 Å². The zero-order chi connectivity index (χ0) is 14.5. The number of likely N-dealkylation sites (N-methyl/N-ethyl adjacent to an activating group) is 1. The lowest BCUT2D eigenvalue weighted by Crippen LogP contribution is -2.40. The molecule has 1 saturated heterocycles. The first-order valence-electron chi connectivity index (χ1n) is 7.15. The van der Waals surface area contributed by atoms with Gasteiger partial charge in [-0.1, -0.05) is 0 Å². The number of halogens is 1. The minimum absolute atomic E-state index is 0.0413. The van der Waals surface area contributed by atoms with Crippen molar-refractivity contribution in [1.29, 1.82) is 0 Å². The average molecular weight is 279 g/mol. The Morgan fingerprint density at radius 1 is 1.35 bits per heavy atom. The highest BCUT2D eigenvalue weighted by molar-refractivity contribution is 5.99. The Labute approximate surface area is 119 Å². The van der Waals surface area contributed by atoms with Crippen molar-refractivity contribution in [2.75, 3.05) is 26.8 Å². The van der Waals surface area contributed by atoms with Gasteiger partial charge in [0, 0.05) is 25.3 Å². The molecule has 1 fully saturated rings. The number of rotatable bonds is 5. The zero-order valence-corrected chi connectivity index (χ0v) is 12.1. The van der Waals surface area contributed by atoms with Crippen LogP contribution in [0.25, 0.3) is 0 Å². The van der Waals surface area contributed by atoms with Gasteiger partial charge in [0.2, 0.25) is 0 Å². The predicted molar refractivity (Wildman–Crippen MR) is 76.4 cm³/mol. The molecule has 0 aliphatic carbocycles. The number of carbonyl (C=O) groups excluding carboxylic acids is 1. The van der Waals surface area contributed by atoms with E-state index < -0.39 is 0 Å². The average Bonchev–Trinajstić information content (AvgIpc) is 2.47. The van der Waals surface area contributed by atoms with Crippen molar-refractivity contribution < 1.29 is 13.9 Å². The molecular weight excluding hydrogens is 257 g/mol. The fourth-order valence-corrected chi connectivity index (χ4v) is 2.55. The number of nitrogens with zero attached hydrogens (tertiary/aromatic N) is 1. The third kappa shape index (κ3) is 3.87. The van der Waals surface area contributed by atoms with Crippen LogP contribution in [0.3, 0.4) is 0 Å². The Morgan fingerprint density at radius 2 is 1.95 bits per heavy atom. The lowest BCUT2D eigenvalue weighted by molar-refractivity contribution is 0.0497. The molecule has 0 radical (unpaired) electrons. The summed E-state index contributed by atoms with van der Waals surface area (Å²) in [6.45, 7) is 4.44. The van der Waals surface area contributed by atoms with Crippen LogP contribution >= 0.6 is 0 Å². The first-order valence-corrected chi connectivity index (χ1v) is 7.15. The molecule has 1 aromatic carbocycles. The number of ketones is 1. The third-order valence-electron chi connectivity index (χ3n) is 4.06. The first-order chi connectivity index (χ1) is 9.58.